The lowest BCUT2D eigenvalue weighted by atomic mass is 10.0. The SMILES string of the molecule is C=C1CCC(N2C(=O)c3cccc4c(N(C)c5ccc(CN6CCOCC6)cc5)ccc2c34)C(=O)N1. The molecule has 0 radical (unpaired) electrons. The van der Waals surface area contributed by atoms with Gasteiger partial charge >= 0.3 is 0 Å². The molecular formula is C29H30N4O3. The Morgan fingerprint density at radius 2 is 1.83 bits per heavy atom. The number of amides is 2. The molecule has 0 saturated carbocycles. The number of carbonyl (C=O) groups excluding carboxylic acids is 2. The smallest absolute Gasteiger partial charge is 0.259 e. The normalized spacial score (nSPS) is 20.2. The highest BCUT2D eigenvalue weighted by atomic mass is 16.5. The van der Waals surface area contributed by atoms with Crippen LogP contribution in [0.4, 0.5) is 17.1 Å². The summed E-state index contributed by atoms with van der Waals surface area (Å²) in [7, 11) is 2.05. The number of nitrogens with one attached hydrogen (secondary N) is 1. The van der Waals surface area contributed by atoms with Crippen LogP contribution in [0.2, 0.25) is 0 Å². The molecule has 0 spiro atoms. The fourth-order valence-electron chi connectivity index (χ4n) is 5.58. The van der Waals surface area contributed by atoms with E-state index in [1.54, 1.807) is 4.90 Å². The van der Waals surface area contributed by atoms with E-state index in [1.807, 2.05) is 24.3 Å². The van der Waals surface area contributed by atoms with Crippen molar-refractivity contribution in [3.8, 4) is 0 Å². The van der Waals surface area contributed by atoms with Crippen LogP contribution in [0.3, 0.4) is 0 Å². The van der Waals surface area contributed by atoms with Crippen LogP contribution in [0.15, 0.2) is 66.9 Å². The van der Waals surface area contributed by atoms with Crippen LogP contribution in [0.1, 0.15) is 28.8 Å². The monoisotopic (exact) mass is 482 g/mol. The van der Waals surface area contributed by atoms with E-state index in [4.69, 9.17) is 4.74 Å². The van der Waals surface area contributed by atoms with Gasteiger partial charge in [0.25, 0.3) is 5.91 Å². The van der Waals surface area contributed by atoms with Gasteiger partial charge in [-0.1, -0.05) is 30.8 Å². The molecule has 184 valence electrons. The number of morpholine rings is 1. The fraction of sp³-hybridized carbons (Fsp3) is 0.310. The van der Waals surface area contributed by atoms with Crippen molar-refractivity contribution in [2.45, 2.75) is 25.4 Å². The van der Waals surface area contributed by atoms with Crippen LogP contribution in [-0.2, 0) is 16.1 Å². The fourth-order valence-corrected chi connectivity index (χ4v) is 5.58. The van der Waals surface area contributed by atoms with Crippen molar-refractivity contribution in [1.82, 2.24) is 10.2 Å². The summed E-state index contributed by atoms with van der Waals surface area (Å²) in [5.41, 5.74) is 5.54. The molecule has 3 aromatic rings. The van der Waals surface area contributed by atoms with Gasteiger partial charge in [-0.05, 0) is 48.7 Å². The number of rotatable bonds is 5. The maximum Gasteiger partial charge on any atom is 0.259 e. The molecule has 3 aliphatic rings. The van der Waals surface area contributed by atoms with Gasteiger partial charge in [-0.15, -0.1) is 0 Å². The molecule has 2 fully saturated rings. The number of nitrogens with zero attached hydrogens (tertiary/aromatic N) is 3. The van der Waals surface area contributed by atoms with Gasteiger partial charge in [-0.25, -0.2) is 0 Å². The zero-order chi connectivity index (χ0) is 24.8. The van der Waals surface area contributed by atoms with Crippen LogP contribution in [-0.4, -0.2) is 56.1 Å². The van der Waals surface area contributed by atoms with Gasteiger partial charge in [-0.2, -0.15) is 0 Å². The quantitative estimate of drug-likeness (QED) is 0.591. The van der Waals surface area contributed by atoms with E-state index in [0.29, 0.717) is 24.1 Å². The van der Waals surface area contributed by atoms with Crippen LogP contribution in [0.25, 0.3) is 10.8 Å². The lowest BCUT2D eigenvalue weighted by Crippen LogP contribution is -2.51. The Balaban J connectivity index is 1.31. The van der Waals surface area contributed by atoms with Crippen molar-refractivity contribution < 1.29 is 14.3 Å². The third-order valence-electron chi connectivity index (χ3n) is 7.53. The molecule has 6 rings (SSSR count). The third-order valence-corrected chi connectivity index (χ3v) is 7.53. The number of piperidine rings is 1. The van der Waals surface area contributed by atoms with Crippen LogP contribution >= 0.6 is 0 Å². The van der Waals surface area contributed by atoms with E-state index < -0.39 is 6.04 Å². The molecule has 0 aromatic heterocycles. The van der Waals surface area contributed by atoms with Crippen molar-refractivity contribution in [3.63, 3.8) is 0 Å². The number of hydrogen-bond donors (Lipinski definition) is 1. The van der Waals surface area contributed by atoms with Crippen LogP contribution < -0.4 is 15.1 Å². The second kappa shape index (κ2) is 9.08. The molecule has 2 saturated heterocycles. The first-order chi connectivity index (χ1) is 17.5. The molecule has 2 amide bonds. The Morgan fingerprint density at radius 1 is 1.06 bits per heavy atom. The topological polar surface area (TPSA) is 65.1 Å². The molecule has 3 aliphatic heterocycles. The molecular weight excluding hydrogens is 452 g/mol. The standard InChI is InChI=1S/C29H30N4O3/c1-19-6-11-26(28(34)30-19)33-25-13-12-24(22-4-3-5-23(27(22)25)29(33)35)31(2)21-9-7-20(8-10-21)18-32-14-16-36-17-15-32/h3-5,7-10,12-13,26H,1,6,11,14-18H2,2H3,(H,30,34). The van der Waals surface area contributed by atoms with E-state index >= 15 is 0 Å². The average Bonchev–Trinajstić information content (AvgIpc) is 3.18. The highest BCUT2D eigenvalue weighted by molar-refractivity contribution is 6.28. The zero-order valence-corrected chi connectivity index (χ0v) is 20.5. The van der Waals surface area contributed by atoms with Crippen LogP contribution in [0.5, 0.6) is 0 Å². The number of anilines is 3. The Labute approximate surface area is 210 Å². The number of allylic oxidation sites excluding steroid dienone is 1. The summed E-state index contributed by atoms with van der Waals surface area (Å²) in [5.74, 6) is -0.283. The number of carbonyl (C=O) groups is 2. The summed E-state index contributed by atoms with van der Waals surface area (Å²) in [4.78, 5) is 32.4. The van der Waals surface area contributed by atoms with Gasteiger partial charge in [-0.3, -0.25) is 19.4 Å². The van der Waals surface area contributed by atoms with E-state index in [0.717, 1.165) is 60.7 Å². The molecule has 0 bridgehead atoms. The van der Waals surface area contributed by atoms with Crippen molar-refractivity contribution >= 4 is 39.6 Å². The molecule has 1 unspecified atom stereocenters. The molecule has 7 heteroatoms. The second-order valence-corrected chi connectivity index (χ2v) is 9.77. The Hall–Kier alpha value is -3.68. The predicted molar refractivity (Wildman–Crippen MR) is 142 cm³/mol. The summed E-state index contributed by atoms with van der Waals surface area (Å²) in [6.45, 7) is 8.33. The molecule has 3 aromatic carbocycles. The zero-order valence-electron chi connectivity index (χ0n) is 20.5. The van der Waals surface area contributed by atoms with Crippen LogP contribution in [0, 0.1) is 0 Å². The van der Waals surface area contributed by atoms with Gasteiger partial charge in [0.1, 0.15) is 6.04 Å². The van der Waals surface area contributed by atoms with E-state index in [9.17, 15) is 9.59 Å². The van der Waals surface area contributed by atoms with E-state index in [2.05, 4.69) is 59.1 Å². The first-order valence-electron chi connectivity index (χ1n) is 12.5. The Kier molecular flexibility index (Phi) is 5.74. The van der Waals surface area contributed by atoms with E-state index in [1.165, 1.54) is 5.56 Å². The summed E-state index contributed by atoms with van der Waals surface area (Å²) in [6.07, 6.45) is 1.24. The predicted octanol–water partition coefficient (Wildman–Crippen LogP) is 4.19. The van der Waals surface area contributed by atoms with Gasteiger partial charge < -0.3 is 15.0 Å². The summed E-state index contributed by atoms with van der Waals surface area (Å²) >= 11 is 0. The first-order valence-corrected chi connectivity index (χ1v) is 12.5. The summed E-state index contributed by atoms with van der Waals surface area (Å²) < 4.78 is 5.45. The van der Waals surface area contributed by atoms with Crippen molar-refractivity contribution in [1.29, 1.82) is 0 Å². The number of benzene rings is 3. The average molecular weight is 483 g/mol. The minimum atomic E-state index is -0.527. The molecule has 0 aliphatic carbocycles. The van der Waals surface area contributed by atoms with Crippen molar-refractivity contribution in [3.05, 3.63) is 78.0 Å². The summed E-state index contributed by atoms with van der Waals surface area (Å²) in [6, 6.07) is 18.0. The van der Waals surface area contributed by atoms with E-state index in [-0.39, 0.29) is 11.8 Å². The first kappa shape index (κ1) is 22.8. The lowest BCUT2D eigenvalue weighted by Gasteiger charge is -2.32. The molecule has 1 atom stereocenters. The molecule has 1 N–H and O–H groups in total. The largest absolute Gasteiger partial charge is 0.379 e. The second-order valence-electron chi connectivity index (χ2n) is 9.77. The highest BCUT2D eigenvalue weighted by Crippen LogP contribution is 2.44. The molecule has 36 heavy (non-hydrogen) atoms. The Bertz CT molecular complexity index is 1360. The van der Waals surface area contributed by atoms with Gasteiger partial charge in [0.05, 0.1) is 18.9 Å². The summed E-state index contributed by atoms with van der Waals surface area (Å²) in [5, 5.41) is 4.73. The minimum absolute atomic E-state index is 0.115. The molecule has 3 heterocycles. The Morgan fingerprint density at radius 3 is 2.58 bits per heavy atom. The van der Waals surface area contributed by atoms with Gasteiger partial charge in [0, 0.05) is 60.1 Å². The maximum absolute atomic E-state index is 13.5. The van der Waals surface area contributed by atoms with Gasteiger partial charge in [0.2, 0.25) is 5.91 Å². The number of hydrogen-bond acceptors (Lipinski definition) is 5. The highest BCUT2D eigenvalue weighted by Gasteiger charge is 2.40. The van der Waals surface area contributed by atoms with Gasteiger partial charge in [0.15, 0.2) is 0 Å². The molecule has 7 nitrogen and oxygen atoms in total. The minimum Gasteiger partial charge on any atom is -0.379 e. The van der Waals surface area contributed by atoms with Crippen molar-refractivity contribution in [2.75, 3.05) is 43.2 Å². The number of ether oxygens (including phenoxy) is 1. The van der Waals surface area contributed by atoms with Crippen molar-refractivity contribution in [2.24, 2.45) is 0 Å². The maximum atomic E-state index is 13.5. The third kappa shape index (κ3) is 3.85. The lowest BCUT2D eigenvalue weighted by molar-refractivity contribution is -0.122.